The van der Waals surface area contributed by atoms with Crippen molar-refractivity contribution < 1.29 is 9.90 Å². The van der Waals surface area contributed by atoms with Gasteiger partial charge in [-0.2, -0.15) is 0 Å². The number of benzene rings is 1. The molecule has 0 aliphatic heterocycles. The summed E-state index contributed by atoms with van der Waals surface area (Å²) in [5.74, 6) is 0.131. The predicted octanol–water partition coefficient (Wildman–Crippen LogP) is 2.10. The predicted molar refractivity (Wildman–Crippen MR) is 61.1 cm³/mol. The molecule has 0 heterocycles. The summed E-state index contributed by atoms with van der Waals surface area (Å²) in [4.78, 5) is 12.7. The van der Waals surface area contributed by atoms with Crippen LogP contribution in [0.1, 0.15) is 12.5 Å². The van der Waals surface area contributed by atoms with Crippen LogP contribution in [0.25, 0.3) is 0 Å². The molecule has 0 fully saturated rings. The van der Waals surface area contributed by atoms with Crippen molar-refractivity contribution in [2.45, 2.75) is 13.3 Å². The second-order valence-electron chi connectivity index (χ2n) is 3.35. The molecule has 80 valence electrons. The summed E-state index contributed by atoms with van der Waals surface area (Å²) >= 11 is 0. The van der Waals surface area contributed by atoms with E-state index in [1.54, 1.807) is 31.3 Å². The van der Waals surface area contributed by atoms with Crippen LogP contribution in [0, 0.1) is 0 Å². The van der Waals surface area contributed by atoms with Gasteiger partial charge in [0.25, 0.3) is 0 Å². The topological polar surface area (TPSA) is 40.5 Å². The highest BCUT2D eigenvalue weighted by Gasteiger charge is 2.12. The molecule has 0 saturated carbocycles. The van der Waals surface area contributed by atoms with Crippen LogP contribution in [0.3, 0.4) is 0 Å². The molecule has 0 spiro atoms. The van der Waals surface area contributed by atoms with Gasteiger partial charge in [0.15, 0.2) is 0 Å². The van der Waals surface area contributed by atoms with Crippen molar-refractivity contribution >= 4 is 11.6 Å². The molecule has 1 aromatic rings. The molecule has 0 aliphatic rings. The second kappa shape index (κ2) is 4.64. The number of rotatable bonds is 3. The molecule has 0 aliphatic carbocycles. The molecule has 1 amide bonds. The van der Waals surface area contributed by atoms with Crippen molar-refractivity contribution in [2.24, 2.45) is 0 Å². The van der Waals surface area contributed by atoms with Crippen LogP contribution >= 0.6 is 0 Å². The Morgan fingerprint density at radius 3 is 2.80 bits per heavy atom. The molecule has 1 N–H and O–H groups in total. The maximum atomic E-state index is 11.2. The quantitative estimate of drug-likeness (QED) is 0.768. The van der Waals surface area contributed by atoms with Gasteiger partial charge in [0, 0.05) is 19.5 Å². The molecule has 0 atom stereocenters. The Kier molecular flexibility index (Phi) is 3.50. The Morgan fingerprint density at radius 1 is 1.60 bits per heavy atom. The van der Waals surface area contributed by atoms with E-state index in [2.05, 4.69) is 6.58 Å². The van der Waals surface area contributed by atoms with E-state index < -0.39 is 0 Å². The molecule has 0 aromatic heterocycles. The van der Waals surface area contributed by atoms with Crippen molar-refractivity contribution in [3.05, 3.63) is 36.4 Å². The highest BCUT2D eigenvalue weighted by Crippen LogP contribution is 2.28. The first-order valence-electron chi connectivity index (χ1n) is 4.74. The zero-order chi connectivity index (χ0) is 11.4. The van der Waals surface area contributed by atoms with Gasteiger partial charge in [-0.05, 0) is 18.6 Å². The number of aromatic hydroxyl groups is 1. The third kappa shape index (κ3) is 2.37. The molecule has 0 bridgehead atoms. The van der Waals surface area contributed by atoms with E-state index >= 15 is 0 Å². The molecule has 1 aromatic carbocycles. The van der Waals surface area contributed by atoms with E-state index in [9.17, 15) is 9.90 Å². The van der Waals surface area contributed by atoms with E-state index in [0.29, 0.717) is 6.42 Å². The summed E-state index contributed by atoms with van der Waals surface area (Å²) in [5.41, 5.74) is 1.45. The minimum absolute atomic E-state index is 0.0640. The van der Waals surface area contributed by atoms with Gasteiger partial charge in [0.1, 0.15) is 5.75 Å². The van der Waals surface area contributed by atoms with E-state index in [0.717, 1.165) is 11.3 Å². The molecular formula is C12H15NO2. The minimum Gasteiger partial charge on any atom is -0.508 e. The lowest BCUT2D eigenvalue weighted by Gasteiger charge is -2.19. The van der Waals surface area contributed by atoms with E-state index in [4.69, 9.17) is 0 Å². The zero-order valence-electron chi connectivity index (χ0n) is 9.03. The fraction of sp³-hybridized carbons (Fsp3) is 0.250. The third-order valence-electron chi connectivity index (χ3n) is 2.31. The van der Waals surface area contributed by atoms with Crippen molar-refractivity contribution in [1.82, 2.24) is 0 Å². The number of hydrogen-bond donors (Lipinski definition) is 1. The van der Waals surface area contributed by atoms with Crippen LogP contribution in [0.2, 0.25) is 0 Å². The standard InChI is InChI=1S/C12H15NO2/c1-4-6-10-11(13(3)9(2)14)7-5-8-12(10)15/h4-5,7-8,15H,1,6H2,2-3H3. The van der Waals surface area contributed by atoms with Crippen LogP contribution in [-0.4, -0.2) is 18.1 Å². The van der Waals surface area contributed by atoms with E-state index in [-0.39, 0.29) is 11.7 Å². The Balaban J connectivity index is 3.21. The average Bonchev–Trinajstić information content (AvgIpc) is 2.20. The number of carbonyl (C=O) groups excluding carboxylic acids is 1. The fourth-order valence-corrected chi connectivity index (χ4v) is 1.40. The molecule has 3 heteroatoms. The van der Waals surface area contributed by atoms with Gasteiger partial charge in [-0.25, -0.2) is 0 Å². The molecule has 1 rings (SSSR count). The number of phenols is 1. The Morgan fingerprint density at radius 2 is 2.27 bits per heavy atom. The first kappa shape index (κ1) is 11.3. The van der Waals surface area contributed by atoms with Gasteiger partial charge in [-0.15, -0.1) is 6.58 Å². The maximum Gasteiger partial charge on any atom is 0.223 e. The smallest absolute Gasteiger partial charge is 0.223 e. The summed E-state index contributed by atoms with van der Waals surface area (Å²) in [6.07, 6.45) is 2.24. The van der Waals surface area contributed by atoms with Gasteiger partial charge < -0.3 is 10.0 Å². The van der Waals surface area contributed by atoms with Crippen LogP contribution in [0.5, 0.6) is 5.75 Å². The van der Waals surface area contributed by atoms with Crippen LogP contribution in [0.15, 0.2) is 30.9 Å². The molecule has 15 heavy (non-hydrogen) atoms. The normalized spacial score (nSPS) is 9.73. The van der Waals surface area contributed by atoms with Crippen molar-refractivity contribution in [1.29, 1.82) is 0 Å². The molecule has 0 radical (unpaired) electrons. The molecule has 3 nitrogen and oxygen atoms in total. The number of phenolic OH excluding ortho intramolecular Hbond substituents is 1. The average molecular weight is 205 g/mol. The lowest BCUT2D eigenvalue weighted by Crippen LogP contribution is -2.23. The van der Waals surface area contributed by atoms with E-state index in [1.807, 2.05) is 0 Å². The monoisotopic (exact) mass is 205 g/mol. The summed E-state index contributed by atoms with van der Waals surface area (Å²) in [6, 6.07) is 5.13. The van der Waals surface area contributed by atoms with Crippen molar-refractivity contribution in [2.75, 3.05) is 11.9 Å². The second-order valence-corrected chi connectivity index (χ2v) is 3.35. The number of anilines is 1. The number of carbonyl (C=O) groups is 1. The first-order valence-corrected chi connectivity index (χ1v) is 4.74. The summed E-state index contributed by atoms with van der Waals surface area (Å²) in [7, 11) is 1.68. The number of amides is 1. The van der Waals surface area contributed by atoms with Crippen LogP contribution < -0.4 is 4.90 Å². The summed E-state index contributed by atoms with van der Waals surface area (Å²) in [6.45, 7) is 5.12. The molecule has 0 unspecified atom stereocenters. The summed E-state index contributed by atoms with van der Waals surface area (Å²) in [5, 5.41) is 9.67. The van der Waals surface area contributed by atoms with Gasteiger partial charge in [0.05, 0.1) is 5.69 Å². The number of allylic oxidation sites excluding steroid dienone is 1. The lowest BCUT2D eigenvalue weighted by molar-refractivity contribution is -0.116. The maximum absolute atomic E-state index is 11.2. The van der Waals surface area contributed by atoms with Crippen molar-refractivity contribution in [3.63, 3.8) is 0 Å². The van der Waals surface area contributed by atoms with Crippen LogP contribution in [0.4, 0.5) is 5.69 Å². The van der Waals surface area contributed by atoms with Gasteiger partial charge in [-0.3, -0.25) is 4.79 Å². The van der Waals surface area contributed by atoms with Gasteiger partial charge in [0.2, 0.25) is 5.91 Å². The molecular weight excluding hydrogens is 190 g/mol. The lowest BCUT2D eigenvalue weighted by atomic mass is 10.1. The van der Waals surface area contributed by atoms with Gasteiger partial charge in [-0.1, -0.05) is 12.1 Å². The zero-order valence-corrected chi connectivity index (χ0v) is 9.03. The molecule has 0 saturated heterocycles. The number of hydrogen-bond acceptors (Lipinski definition) is 2. The Labute approximate surface area is 89.6 Å². The van der Waals surface area contributed by atoms with Crippen molar-refractivity contribution in [3.8, 4) is 5.75 Å². The highest BCUT2D eigenvalue weighted by molar-refractivity contribution is 5.92. The Bertz CT molecular complexity index is 385. The third-order valence-corrected chi connectivity index (χ3v) is 2.31. The largest absolute Gasteiger partial charge is 0.508 e. The highest BCUT2D eigenvalue weighted by atomic mass is 16.3. The van der Waals surface area contributed by atoms with Crippen LogP contribution in [-0.2, 0) is 11.2 Å². The van der Waals surface area contributed by atoms with E-state index in [1.165, 1.54) is 11.8 Å². The SMILES string of the molecule is C=CCc1c(O)cccc1N(C)C(C)=O. The minimum atomic E-state index is -0.0640. The Hall–Kier alpha value is -1.77. The van der Waals surface area contributed by atoms with Gasteiger partial charge >= 0.3 is 0 Å². The fourth-order valence-electron chi connectivity index (χ4n) is 1.40. The summed E-state index contributed by atoms with van der Waals surface area (Å²) < 4.78 is 0. The first-order chi connectivity index (χ1) is 7.07. The number of nitrogens with zero attached hydrogens (tertiary/aromatic N) is 1.